The molecular formula is C10H17IO. The molecule has 1 N–H and O–H groups in total. The van der Waals surface area contributed by atoms with Gasteiger partial charge in [-0.05, 0) is 12.0 Å². The number of hydrogen-bond acceptors (Lipinski definition) is 1. The van der Waals surface area contributed by atoms with E-state index >= 15 is 0 Å². The summed E-state index contributed by atoms with van der Waals surface area (Å²) >= 11 is 2.26. The summed E-state index contributed by atoms with van der Waals surface area (Å²) in [5.41, 5.74) is 0. The lowest BCUT2D eigenvalue weighted by Crippen LogP contribution is -2.07. The van der Waals surface area contributed by atoms with Crippen molar-refractivity contribution >= 4 is 22.6 Å². The zero-order valence-corrected chi connectivity index (χ0v) is 9.59. The van der Waals surface area contributed by atoms with E-state index in [0.717, 1.165) is 16.8 Å². The number of hydrogen-bond donors (Lipinski definition) is 1. The first-order valence-corrected chi connectivity index (χ1v) is 6.29. The van der Waals surface area contributed by atoms with Crippen LogP contribution in [0.3, 0.4) is 0 Å². The molecular weight excluding hydrogens is 263 g/mol. The van der Waals surface area contributed by atoms with Gasteiger partial charge in [0.2, 0.25) is 0 Å². The highest BCUT2D eigenvalue weighted by Crippen LogP contribution is 2.28. The van der Waals surface area contributed by atoms with Gasteiger partial charge in [0.15, 0.2) is 0 Å². The normalized spacial score (nSPS) is 21.2. The molecule has 0 aliphatic heterocycles. The summed E-state index contributed by atoms with van der Waals surface area (Å²) in [5.74, 6) is 1.37. The van der Waals surface area contributed by atoms with Crippen LogP contribution in [0.4, 0.5) is 0 Å². The first-order valence-electron chi connectivity index (χ1n) is 4.77. The average Bonchev–Trinajstić information content (AvgIpc) is 2.06. The van der Waals surface area contributed by atoms with Gasteiger partial charge in [0.25, 0.3) is 0 Å². The molecule has 0 aromatic carbocycles. The van der Waals surface area contributed by atoms with Crippen LogP contribution in [0.5, 0.6) is 0 Å². The van der Waals surface area contributed by atoms with Crippen molar-refractivity contribution in [3.63, 3.8) is 0 Å². The number of rotatable bonds is 3. The van der Waals surface area contributed by atoms with Crippen molar-refractivity contribution in [2.75, 3.05) is 4.43 Å². The lowest BCUT2D eigenvalue weighted by Gasteiger charge is -2.20. The lowest BCUT2D eigenvalue weighted by molar-refractivity contribution is 0.296. The van der Waals surface area contributed by atoms with Gasteiger partial charge in [-0.3, -0.25) is 0 Å². The minimum atomic E-state index is 0.608. The summed E-state index contributed by atoms with van der Waals surface area (Å²) in [6.07, 6.45) is 9.61. The summed E-state index contributed by atoms with van der Waals surface area (Å²) in [7, 11) is 0. The van der Waals surface area contributed by atoms with Gasteiger partial charge >= 0.3 is 0 Å². The van der Waals surface area contributed by atoms with Crippen LogP contribution in [-0.4, -0.2) is 9.53 Å². The molecule has 0 radical (unpaired) electrons. The highest BCUT2D eigenvalue weighted by Gasteiger charge is 2.14. The fourth-order valence-corrected chi connectivity index (χ4v) is 2.37. The number of aliphatic hydroxyl groups is 1. The largest absolute Gasteiger partial charge is 0.513 e. The van der Waals surface area contributed by atoms with E-state index in [0.29, 0.717) is 5.76 Å². The van der Waals surface area contributed by atoms with Gasteiger partial charge in [0, 0.05) is 10.8 Å². The summed E-state index contributed by atoms with van der Waals surface area (Å²) in [6.45, 7) is 0. The molecule has 1 aliphatic rings. The molecule has 1 saturated carbocycles. The quantitative estimate of drug-likeness (QED) is 0.473. The summed E-state index contributed by atoms with van der Waals surface area (Å²) in [4.78, 5) is 0. The van der Waals surface area contributed by atoms with Crippen molar-refractivity contribution in [1.29, 1.82) is 0 Å². The Labute approximate surface area is 88.4 Å². The second-order valence-corrected chi connectivity index (χ2v) is 4.44. The van der Waals surface area contributed by atoms with E-state index in [4.69, 9.17) is 0 Å². The van der Waals surface area contributed by atoms with Gasteiger partial charge in [-0.25, -0.2) is 0 Å². The summed E-state index contributed by atoms with van der Waals surface area (Å²) < 4.78 is 0.927. The molecule has 0 atom stereocenters. The summed E-state index contributed by atoms with van der Waals surface area (Å²) in [6, 6.07) is 0. The van der Waals surface area contributed by atoms with E-state index in [1.807, 2.05) is 6.08 Å². The van der Waals surface area contributed by atoms with E-state index in [1.54, 1.807) is 0 Å². The molecule has 2 heteroatoms. The molecule has 1 fully saturated rings. The van der Waals surface area contributed by atoms with Gasteiger partial charge < -0.3 is 5.11 Å². The number of allylic oxidation sites excluding steroid dienone is 2. The maximum atomic E-state index is 9.46. The third-order valence-corrected chi connectivity index (χ3v) is 2.98. The van der Waals surface area contributed by atoms with Crippen LogP contribution in [0.1, 0.15) is 38.5 Å². The van der Waals surface area contributed by atoms with Crippen LogP contribution in [0.25, 0.3) is 0 Å². The van der Waals surface area contributed by atoms with Crippen LogP contribution < -0.4 is 0 Å². The van der Waals surface area contributed by atoms with Crippen molar-refractivity contribution in [2.24, 2.45) is 5.92 Å². The maximum Gasteiger partial charge on any atom is 0.0893 e. The smallest absolute Gasteiger partial charge is 0.0893 e. The Hall–Kier alpha value is 0.270. The average molecular weight is 280 g/mol. The van der Waals surface area contributed by atoms with E-state index in [9.17, 15) is 5.11 Å². The second-order valence-electron chi connectivity index (χ2n) is 3.56. The molecule has 0 aromatic heterocycles. The molecule has 0 saturated heterocycles. The molecule has 0 aromatic rings. The third kappa shape index (κ3) is 3.78. The molecule has 0 bridgehead atoms. The number of halogens is 1. The number of alkyl halides is 1. The van der Waals surface area contributed by atoms with E-state index < -0.39 is 0 Å². The fourth-order valence-electron chi connectivity index (χ4n) is 1.86. The van der Waals surface area contributed by atoms with Crippen molar-refractivity contribution in [2.45, 2.75) is 38.5 Å². The molecule has 1 aliphatic carbocycles. The Morgan fingerprint density at radius 3 is 2.58 bits per heavy atom. The maximum absolute atomic E-state index is 9.46. The minimum absolute atomic E-state index is 0.608. The zero-order chi connectivity index (χ0) is 8.81. The van der Waals surface area contributed by atoms with Crippen molar-refractivity contribution in [1.82, 2.24) is 0 Å². The monoisotopic (exact) mass is 280 g/mol. The lowest BCUT2D eigenvalue weighted by atomic mass is 9.86. The van der Waals surface area contributed by atoms with Gasteiger partial charge in [0.05, 0.1) is 5.76 Å². The van der Waals surface area contributed by atoms with Crippen LogP contribution in [0.2, 0.25) is 0 Å². The molecule has 0 heterocycles. The van der Waals surface area contributed by atoms with Crippen LogP contribution >= 0.6 is 22.6 Å². The molecule has 70 valence electrons. The third-order valence-electron chi connectivity index (χ3n) is 2.54. The van der Waals surface area contributed by atoms with Crippen LogP contribution in [0, 0.1) is 5.92 Å². The topological polar surface area (TPSA) is 20.2 Å². The minimum Gasteiger partial charge on any atom is -0.513 e. The zero-order valence-electron chi connectivity index (χ0n) is 7.43. The fraction of sp³-hybridized carbons (Fsp3) is 0.800. The van der Waals surface area contributed by atoms with E-state index in [1.165, 1.54) is 32.1 Å². The molecule has 1 nitrogen and oxygen atoms in total. The Bertz CT molecular complexity index is 148. The second kappa shape index (κ2) is 5.84. The predicted octanol–water partition coefficient (Wildman–Crippen LogP) is 3.83. The van der Waals surface area contributed by atoms with Gasteiger partial charge in [-0.2, -0.15) is 0 Å². The Morgan fingerprint density at radius 2 is 2.00 bits per heavy atom. The highest BCUT2D eigenvalue weighted by molar-refractivity contribution is 14.1. The first kappa shape index (κ1) is 10.4. The van der Waals surface area contributed by atoms with E-state index in [-0.39, 0.29) is 0 Å². The Balaban J connectivity index is 2.24. The first-order chi connectivity index (χ1) is 5.83. The summed E-state index contributed by atoms with van der Waals surface area (Å²) in [5, 5.41) is 9.46. The van der Waals surface area contributed by atoms with Crippen molar-refractivity contribution in [3.05, 3.63) is 11.8 Å². The van der Waals surface area contributed by atoms with Crippen molar-refractivity contribution in [3.8, 4) is 0 Å². The standard InChI is InChI=1S/C10H17IO/c11-7-6-10(12)8-9-4-2-1-3-5-9/h6,9,12H,1-5,7-8H2. The Kier molecular flexibility index (Phi) is 5.04. The van der Waals surface area contributed by atoms with Crippen LogP contribution in [0.15, 0.2) is 11.8 Å². The molecule has 0 unspecified atom stereocenters. The molecule has 1 rings (SSSR count). The predicted molar refractivity (Wildman–Crippen MR) is 60.8 cm³/mol. The Morgan fingerprint density at radius 1 is 1.33 bits per heavy atom. The molecule has 12 heavy (non-hydrogen) atoms. The molecule has 0 spiro atoms. The highest BCUT2D eigenvalue weighted by atomic mass is 127. The van der Waals surface area contributed by atoms with Crippen LogP contribution in [-0.2, 0) is 0 Å². The number of aliphatic hydroxyl groups excluding tert-OH is 1. The SMILES string of the molecule is OC(=CCI)CC1CCCCC1. The van der Waals surface area contributed by atoms with Crippen molar-refractivity contribution < 1.29 is 5.11 Å². The molecule has 0 amide bonds. The van der Waals surface area contributed by atoms with Gasteiger partial charge in [-0.1, -0.05) is 54.7 Å². The van der Waals surface area contributed by atoms with E-state index in [2.05, 4.69) is 22.6 Å². The van der Waals surface area contributed by atoms with Gasteiger partial charge in [0.1, 0.15) is 0 Å². The van der Waals surface area contributed by atoms with Gasteiger partial charge in [-0.15, -0.1) is 0 Å².